The summed E-state index contributed by atoms with van der Waals surface area (Å²) in [6, 6.07) is 0.523. The number of thioether (sulfide) groups is 1. The molecule has 0 saturated carbocycles. The van der Waals surface area contributed by atoms with Gasteiger partial charge < -0.3 is 10.2 Å². The Labute approximate surface area is 112 Å². The van der Waals surface area contributed by atoms with Gasteiger partial charge in [0.05, 0.1) is 5.69 Å². The first-order valence-corrected chi connectivity index (χ1v) is 8.29. The van der Waals surface area contributed by atoms with Crippen LogP contribution in [0, 0.1) is 0 Å². The SMILES string of the molecule is CC(C)NCc1csc(N2CCCSCC2)n1. The van der Waals surface area contributed by atoms with Crippen molar-refractivity contribution in [2.75, 3.05) is 29.5 Å². The summed E-state index contributed by atoms with van der Waals surface area (Å²) in [4.78, 5) is 7.15. The van der Waals surface area contributed by atoms with Crippen LogP contribution in [0.3, 0.4) is 0 Å². The van der Waals surface area contributed by atoms with Gasteiger partial charge in [-0.2, -0.15) is 11.8 Å². The average Bonchev–Trinajstić information content (AvgIpc) is 2.60. The maximum atomic E-state index is 4.72. The summed E-state index contributed by atoms with van der Waals surface area (Å²) in [5, 5.41) is 6.80. The number of thiazole rings is 1. The predicted octanol–water partition coefficient (Wildman–Crippen LogP) is 2.58. The molecule has 3 nitrogen and oxygen atoms in total. The zero-order chi connectivity index (χ0) is 12.1. The van der Waals surface area contributed by atoms with Crippen molar-refractivity contribution in [2.45, 2.75) is 32.9 Å². The highest BCUT2D eigenvalue weighted by molar-refractivity contribution is 7.99. The summed E-state index contributed by atoms with van der Waals surface area (Å²) < 4.78 is 0. The molecule has 0 atom stereocenters. The van der Waals surface area contributed by atoms with Crippen LogP contribution in [-0.2, 0) is 6.54 Å². The van der Waals surface area contributed by atoms with Crippen LogP contribution in [0.1, 0.15) is 26.0 Å². The monoisotopic (exact) mass is 271 g/mol. The Morgan fingerprint density at radius 2 is 2.29 bits per heavy atom. The molecule has 1 aromatic heterocycles. The number of hydrogen-bond donors (Lipinski definition) is 1. The van der Waals surface area contributed by atoms with Gasteiger partial charge in [0.25, 0.3) is 0 Å². The van der Waals surface area contributed by atoms with Crippen molar-refractivity contribution >= 4 is 28.2 Å². The lowest BCUT2D eigenvalue weighted by molar-refractivity contribution is 0.582. The third kappa shape index (κ3) is 4.16. The second kappa shape index (κ2) is 6.61. The highest BCUT2D eigenvalue weighted by atomic mass is 32.2. The van der Waals surface area contributed by atoms with Gasteiger partial charge in [0.2, 0.25) is 0 Å². The van der Waals surface area contributed by atoms with Crippen molar-refractivity contribution in [1.29, 1.82) is 0 Å². The van der Waals surface area contributed by atoms with Gasteiger partial charge >= 0.3 is 0 Å². The van der Waals surface area contributed by atoms with Crippen LogP contribution < -0.4 is 10.2 Å². The Bertz CT molecular complexity index is 330. The van der Waals surface area contributed by atoms with Gasteiger partial charge in [0.1, 0.15) is 0 Å². The fourth-order valence-electron chi connectivity index (χ4n) is 1.77. The number of nitrogens with one attached hydrogen (secondary N) is 1. The van der Waals surface area contributed by atoms with Gasteiger partial charge in [-0.05, 0) is 12.2 Å². The fourth-order valence-corrected chi connectivity index (χ4v) is 3.53. The number of rotatable bonds is 4. The Kier molecular flexibility index (Phi) is 5.13. The number of hydrogen-bond acceptors (Lipinski definition) is 5. The largest absolute Gasteiger partial charge is 0.347 e. The Hall–Kier alpha value is -0.260. The smallest absolute Gasteiger partial charge is 0.185 e. The molecule has 0 spiro atoms. The van der Waals surface area contributed by atoms with Crippen molar-refractivity contribution in [3.8, 4) is 0 Å². The van der Waals surface area contributed by atoms with E-state index in [1.807, 2.05) is 0 Å². The molecule has 0 aromatic carbocycles. The van der Waals surface area contributed by atoms with E-state index in [2.05, 4.69) is 41.2 Å². The minimum atomic E-state index is 0.523. The highest BCUT2D eigenvalue weighted by Gasteiger charge is 2.13. The molecule has 17 heavy (non-hydrogen) atoms. The van der Waals surface area contributed by atoms with Crippen LogP contribution >= 0.6 is 23.1 Å². The first-order valence-electron chi connectivity index (χ1n) is 6.26. The van der Waals surface area contributed by atoms with Gasteiger partial charge in [-0.15, -0.1) is 11.3 Å². The molecule has 2 rings (SSSR count). The second-order valence-electron chi connectivity index (χ2n) is 4.61. The van der Waals surface area contributed by atoms with Crippen LogP contribution in [0.2, 0.25) is 0 Å². The maximum absolute atomic E-state index is 4.72. The standard InChI is InChI=1S/C12H21N3S2/c1-10(2)13-8-11-9-17-12(14-11)15-4-3-6-16-7-5-15/h9-10,13H,3-8H2,1-2H3. The van der Waals surface area contributed by atoms with E-state index in [1.165, 1.54) is 28.8 Å². The van der Waals surface area contributed by atoms with E-state index < -0.39 is 0 Å². The first-order chi connectivity index (χ1) is 8.25. The van der Waals surface area contributed by atoms with E-state index in [0.29, 0.717) is 6.04 Å². The Morgan fingerprint density at radius 3 is 3.12 bits per heavy atom. The van der Waals surface area contributed by atoms with Crippen LogP contribution in [0.25, 0.3) is 0 Å². The summed E-state index contributed by atoms with van der Waals surface area (Å²) >= 11 is 3.84. The third-order valence-electron chi connectivity index (χ3n) is 2.72. The van der Waals surface area contributed by atoms with E-state index in [9.17, 15) is 0 Å². The Morgan fingerprint density at radius 1 is 1.41 bits per heavy atom. The summed E-state index contributed by atoms with van der Waals surface area (Å²) in [5.74, 6) is 2.53. The number of aromatic nitrogens is 1. The molecule has 1 aromatic rings. The van der Waals surface area contributed by atoms with Crippen LogP contribution in [0.4, 0.5) is 5.13 Å². The van der Waals surface area contributed by atoms with E-state index in [-0.39, 0.29) is 0 Å². The quantitative estimate of drug-likeness (QED) is 0.911. The molecule has 0 aliphatic carbocycles. The molecule has 5 heteroatoms. The molecule has 96 valence electrons. The second-order valence-corrected chi connectivity index (χ2v) is 6.67. The van der Waals surface area contributed by atoms with Crippen LogP contribution in [0.15, 0.2) is 5.38 Å². The first kappa shape index (κ1) is 13.2. The molecule has 0 amide bonds. The van der Waals surface area contributed by atoms with Crippen LogP contribution in [0.5, 0.6) is 0 Å². The van der Waals surface area contributed by atoms with E-state index in [1.54, 1.807) is 11.3 Å². The molecule has 1 aliphatic heterocycles. The van der Waals surface area contributed by atoms with Crippen molar-refractivity contribution in [3.05, 3.63) is 11.1 Å². The maximum Gasteiger partial charge on any atom is 0.185 e. The van der Waals surface area contributed by atoms with Gasteiger partial charge in [0, 0.05) is 36.8 Å². The van der Waals surface area contributed by atoms with Crippen molar-refractivity contribution < 1.29 is 0 Å². The normalized spacial score (nSPS) is 17.5. The molecule has 1 aliphatic rings. The summed E-state index contributed by atoms with van der Waals surface area (Å²) in [6.07, 6.45) is 1.28. The molecule has 0 unspecified atom stereocenters. The Balaban J connectivity index is 1.92. The lowest BCUT2D eigenvalue weighted by atomic mass is 10.4. The lowest BCUT2D eigenvalue weighted by Gasteiger charge is -2.18. The topological polar surface area (TPSA) is 28.2 Å². The third-order valence-corrected chi connectivity index (χ3v) is 4.72. The predicted molar refractivity (Wildman–Crippen MR) is 78.2 cm³/mol. The van der Waals surface area contributed by atoms with E-state index in [4.69, 9.17) is 4.98 Å². The summed E-state index contributed by atoms with van der Waals surface area (Å²) in [6.45, 7) is 7.53. The van der Waals surface area contributed by atoms with Crippen molar-refractivity contribution in [3.63, 3.8) is 0 Å². The molecular weight excluding hydrogens is 250 g/mol. The van der Waals surface area contributed by atoms with Gasteiger partial charge in [-0.3, -0.25) is 0 Å². The number of nitrogens with zero attached hydrogens (tertiary/aromatic N) is 2. The summed E-state index contributed by atoms with van der Waals surface area (Å²) in [5.41, 5.74) is 1.18. The molecule has 1 saturated heterocycles. The number of anilines is 1. The fraction of sp³-hybridized carbons (Fsp3) is 0.750. The average molecular weight is 271 g/mol. The van der Waals surface area contributed by atoms with Crippen molar-refractivity contribution in [2.24, 2.45) is 0 Å². The zero-order valence-electron chi connectivity index (χ0n) is 10.6. The summed E-state index contributed by atoms with van der Waals surface area (Å²) in [7, 11) is 0. The highest BCUT2D eigenvalue weighted by Crippen LogP contribution is 2.23. The minimum Gasteiger partial charge on any atom is -0.347 e. The molecule has 0 radical (unpaired) electrons. The van der Waals surface area contributed by atoms with Crippen LogP contribution in [-0.4, -0.2) is 35.6 Å². The molecule has 1 fully saturated rings. The molecule has 0 bridgehead atoms. The van der Waals surface area contributed by atoms with E-state index >= 15 is 0 Å². The minimum absolute atomic E-state index is 0.523. The van der Waals surface area contributed by atoms with Gasteiger partial charge in [0.15, 0.2) is 5.13 Å². The van der Waals surface area contributed by atoms with Gasteiger partial charge in [-0.25, -0.2) is 4.98 Å². The molecule has 2 heterocycles. The lowest BCUT2D eigenvalue weighted by Crippen LogP contribution is -2.25. The molecule has 1 N–H and O–H groups in total. The zero-order valence-corrected chi connectivity index (χ0v) is 12.2. The van der Waals surface area contributed by atoms with E-state index in [0.717, 1.165) is 19.6 Å². The van der Waals surface area contributed by atoms with Crippen molar-refractivity contribution in [1.82, 2.24) is 10.3 Å². The molecular formula is C12H21N3S2. The van der Waals surface area contributed by atoms with Gasteiger partial charge in [-0.1, -0.05) is 13.8 Å².